The molecule has 1 aromatic carbocycles. The number of nitrogens with two attached hydrogens (primary N) is 1. The fourth-order valence-electron chi connectivity index (χ4n) is 4.96. The highest BCUT2D eigenvalue weighted by Gasteiger charge is 2.30. The van der Waals surface area contributed by atoms with Gasteiger partial charge >= 0.3 is 0 Å². The summed E-state index contributed by atoms with van der Waals surface area (Å²) >= 11 is 6.01. The van der Waals surface area contributed by atoms with E-state index in [2.05, 4.69) is 27.1 Å². The summed E-state index contributed by atoms with van der Waals surface area (Å²) in [6.07, 6.45) is 7.51. The lowest BCUT2D eigenvalue weighted by Crippen LogP contribution is -2.41. The Labute approximate surface area is 203 Å². The van der Waals surface area contributed by atoms with E-state index < -0.39 is 5.82 Å². The molecule has 0 amide bonds. The second-order valence-corrected chi connectivity index (χ2v) is 10.0. The number of rotatable bonds is 6. The van der Waals surface area contributed by atoms with Gasteiger partial charge in [0.05, 0.1) is 16.9 Å². The van der Waals surface area contributed by atoms with Crippen molar-refractivity contribution in [2.75, 3.05) is 30.4 Å². The Bertz CT molecular complexity index is 1160. The third-order valence-electron chi connectivity index (χ3n) is 7.16. The van der Waals surface area contributed by atoms with Gasteiger partial charge < -0.3 is 21.1 Å². The number of hydrogen-bond donors (Lipinski definition) is 3. The molecule has 5 rings (SSSR count). The van der Waals surface area contributed by atoms with Crippen molar-refractivity contribution in [3.05, 3.63) is 35.2 Å². The van der Waals surface area contributed by atoms with Crippen molar-refractivity contribution in [2.45, 2.75) is 57.0 Å². The molecule has 0 radical (unpaired) electrons. The SMILES string of the molecule is CC1(Nc2ncc3nc(Nc4cccc(Cl)c4F)n([C@H]4CC[C@@H](CN)CC4)c3n2)CCOCC1. The topological polar surface area (TPSA) is 103 Å². The Balaban J connectivity index is 1.53. The fourth-order valence-corrected chi connectivity index (χ4v) is 5.14. The lowest BCUT2D eigenvalue weighted by molar-refractivity contribution is 0.0656. The highest BCUT2D eigenvalue weighted by Crippen LogP contribution is 2.37. The molecule has 0 unspecified atom stereocenters. The Morgan fingerprint density at radius 2 is 1.97 bits per heavy atom. The first kappa shape index (κ1) is 23.3. The highest BCUT2D eigenvalue weighted by atomic mass is 35.5. The molecule has 8 nitrogen and oxygen atoms in total. The first-order chi connectivity index (χ1) is 16.5. The molecule has 1 saturated heterocycles. The van der Waals surface area contributed by atoms with Crippen molar-refractivity contribution >= 4 is 40.3 Å². The zero-order valence-corrected chi connectivity index (χ0v) is 20.1. The standard InChI is InChI=1S/C24H31ClFN7O/c1-24(9-11-34-12-10-24)32-22-28-14-19-21(31-22)33(16-7-5-15(13-27)6-8-16)23(30-19)29-18-4-2-3-17(25)20(18)26/h2-4,14-16H,5-13,27H2,1H3,(H,29,30)(H,28,31,32)/t15-,16+. The molecule has 1 aliphatic carbocycles. The summed E-state index contributed by atoms with van der Waals surface area (Å²) in [6.45, 7) is 4.30. The fraction of sp³-hybridized carbons (Fsp3) is 0.542. The van der Waals surface area contributed by atoms with Gasteiger partial charge in [-0.3, -0.25) is 4.57 Å². The van der Waals surface area contributed by atoms with Gasteiger partial charge in [0, 0.05) is 24.8 Å². The van der Waals surface area contributed by atoms with E-state index in [0.29, 0.717) is 43.1 Å². The van der Waals surface area contributed by atoms with Crippen molar-refractivity contribution in [3.63, 3.8) is 0 Å². The Hall–Kier alpha value is -2.49. The summed E-state index contributed by atoms with van der Waals surface area (Å²) in [4.78, 5) is 14.2. The molecule has 3 heterocycles. The monoisotopic (exact) mass is 487 g/mol. The van der Waals surface area contributed by atoms with Crippen molar-refractivity contribution in [1.29, 1.82) is 0 Å². The Kier molecular flexibility index (Phi) is 6.59. The first-order valence-corrected chi connectivity index (χ1v) is 12.4. The van der Waals surface area contributed by atoms with Crippen LogP contribution in [0.2, 0.25) is 5.02 Å². The van der Waals surface area contributed by atoms with Crippen LogP contribution in [0.5, 0.6) is 0 Å². The van der Waals surface area contributed by atoms with Gasteiger partial charge in [-0.2, -0.15) is 4.98 Å². The molecule has 3 aromatic rings. The van der Waals surface area contributed by atoms with Crippen LogP contribution in [0.3, 0.4) is 0 Å². The van der Waals surface area contributed by atoms with Gasteiger partial charge in [0.1, 0.15) is 5.52 Å². The van der Waals surface area contributed by atoms with Crippen LogP contribution in [0.25, 0.3) is 11.2 Å². The average molecular weight is 488 g/mol. The predicted molar refractivity (Wildman–Crippen MR) is 132 cm³/mol. The van der Waals surface area contributed by atoms with Gasteiger partial charge in [-0.15, -0.1) is 0 Å². The second kappa shape index (κ2) is 9.64. The molecule has 0 bridgehead atoms. The quantitative estimate of drug-likeness (QED) is 0.448. The van der Waals surface area contributed by atoms with E-state index in [9.17, 15) is 4.39 Å². The van der Waals surface area contributed by atoms with Crippen molar-refractivity contribution in [2.24, 2.45) is 11.7 Å². The first-order valence-electron chi connectivity index (χ1n) is 12.0. The smallest absolute Gasteiger partial charge is 0.225 e. The largest absolute Gasteiger partial charge is 0.381 e. The van der Waals surface area contributed by atoms with Crippen LogP contribution >= 0.6 is 11.6 Å². The number of imidazole rings is 1. The molecule has 182 valence electrons. The lowest BCUT2D eigenvalue weighted by Gasteiger charge is -2.34. The maximum Gasteiger partial charge on any atom is 0.225 e. The molecule has 0 spiro atoms. The Morgan fingerprint density at radius 1 is 1.21 bits per heavy atom. The second-order valence-electron chi connectivity index (χ2n) is 9.64. The molecule has 2 aliphatic rings. The van der Waals surface area contributed by atoms with Gasteiger partial charge in [0.25, 0.3) is 0 Å². The minimum atomic E-state index is -0.504. The lowest BCUT2D eigenvalue weighted by atomic mass is 9.86. The van der Waals surface area contributed by atoms with Crippen molar-refractivity contribution in [1.82, 2.24) is 19.5 Å². The van der Waals surface area contributed by atoms with E-state index >= 15 is 0 Å². The molecule has 1 saturated carbocycles. The van der Waals surface area contributed by atoms with Gasteiger partial charge in [-0.25, -0.2) is 14.4 Å². The molecule has 0 atom stereocenters. The maximum absolute atomic E-state index is 14.7. The average Bonchev–Trinajstić information content (AvgIpc) is 3.19. The molecular formula is C24H31ClFN7O. The van der Waals surface area contributed by atoms with E-state index in [1.165, 1.54) is 6.07 Å². The minimum absolute atomic E-state index is 0.0621. The normalized spacial score (nSPS) is 22.6. The Morgan fingerprint density at radius 3 is 2.71 bits per heavy atom. The number of fused-ring (bicyclic) bond motifs is 1. The summed E-state index contributed by atoms with van der Waals surface area (Å²) in [5.74, 6) is 1.13. The number of anilines is 3. The van der Waals surface area contributed by atoms with Gasteiger partial charge in [-0.1, -0.05) is 17.7 Å². The summed E-state index contributed by atoms with van der Waals surface area (Å²) in [6, 6.07) is 5.07. The van der Waals surface area contributed by atoms with Crippen LogP contribution in [-0.4, -0.2) is 44.8 Å². The maximum atomic E-state index is 14.7. The molecule has 4 N–H and O–H groups in total. The molecule has 2 aromatic heterocycles. The third kappa shape index (κ3) is 4.69. The zero-order valence-electron chi connectivity index (χ0n) is 19.4. The van der Waals surface area contributed by atoms with Gasteiger partial charge in [-0.05, 0) is 70.0 Å². The summed E-state index contributed by atoms with van der Waals surface area (Å²) < 4.78 is 22.3. The summed E-state index contributed by atoms with van der Waals surface area (Å²) in [5.41, 5.74) is 7.46. The minimum Gasteiger partial charge on any atom is -0.381 e. The predicted octanol–water partition coefficient (Wildman–Crippen LogP) is 5.03. The molecule has 10 heteroatoms. The van der Waals surface area contributed by atoms with E-state index in [0.717, 1.165) is 44.2 Å². The van der Waals surface area contributed by atoms with Crippen LogP contribution in [-0.2, 0) is 4.74 Å². The molecular weight excluding hydrogens is 457 g/mol. The number of nitrogens with zero attached hydrogens (tertiary/aromatic N) is 4. The van der Waals surface area contributed by atoms with Crippen LogP contribution in [0, 0.1) is 11.7 Å². The van der Waals surface area contributed by atoms with Crippen molar-refractivity contribution in [3.8, 4) is 0 Å². The van der Waals surface area contributed by atoms with E-state index in [-0.39, 0.29) is 22.3 Å². The van der Waals surface area contributed by atoms with Crippen LogP contribution < -0.4 is 16.4 Å². The van der Waals surface area contributed by atoms with Crippen LogP contribution in [0.1, 0.15) is 51.5 Å². The van der Waals surface area contributed by atoms with Gasteiger partial charge in [0.2, 0.25) is 11.9 Å². The highest BCUT2D eigenvalue weighted by molar-refractivity contribution is 6.31. The number of hydrogen-bond acceptors (Lipinski definition) is 7. The number of benzene rings is 1. The van der Waals surface area contributed by atoms with Crippen LogP contribution in [0.15, 0.2) is 24.4 Å². The van der Waals surface area contributed by atoms with Crippen LogP contribution in [0.4, 0.5) is 22.0 Å². The summed E-state index contributed by atoms with van der Waals surface area (Å²) in [5, 5.41) is 6.74. The van der Waals surface area contributed by atoms with E-state index in [1.54, 1.807) is 18.3 Å². The zero-order chi connectivity index (χ0) is 23.7. The summed E-state index contributed by atoms with van der Waals surface area (Å²) in [7, 11) is 0. The number of halogens is 2. The molecule has 34 heavy (non-hydrogen) atoms. The van der Waals surface area contributed by atoms with E-state index in [4.69, 9.17) is 32.0 Å². The van der Waals surface area contributed by atoms with Crippen molar-refractivity contribution < 1.29 is 9.13 Å². The molecule has 2 fully saturated rings. The number of nitrogens with one attached hydrogen (secondary N) is 2. The number of aromatic nitrogens is 4. The number of ether oxygens (including phenoxy) is 1. The third-order valence-corrected chi connectivity index (χ3v) is 7.45. The van der Waals surface area contributed by atoms with E-state index in [1.807, 2.05) is 0 Å². The molecule has 1 aliphatic heterocycles. The van der Waals surface area contributed by atoms with Gasteiger partial charge in [0.15, 0.2) is 11.5 Å².